The van der Waals surface area contributed by atoms with Gasteiger partial charge in [0.25, 0.3) is 0 Å². The SMILES string of the molecule is C#CCCCNc1nccc(C(F)(F)F)n1. The fourth-order valence-electron chi connectivity index (χ4n) is 0.992. The lowest BCUT2D eigenvalue weighted by Crippen LogP contribution is -2.12. The van der Waals surface area contributed by atoms with Gasteiger partial charge < -0.3 is 5.32 Å². The van der Waals surface area contributed by atoms with Crippen molar-refractivity contribution in [3.63, 3.8) is 0 Å². The fourth-order valence-corrected chi connectivity index (χ4v) is 0.992. The summed E-state index contributed by atoms with van der Waals surface area (Å²) < 4.78 is 36.8. The van der Waals surface area contributed by atoms with Crippen molar-refractivity contribution in [2.45, 2.75) is 19.0 Å². The molecule has 0 aliphatic heterocycles. The van der Waals surface area contributed by atoms with Gasteiger partial charge in [0.05, 0.1) is 0 Å². The van der Waals surface area contributed by atoms with Gasteiger partial charge in [0.1, 0.15) is 5.69 Å². The molecule has 0 atom stereocenters. The first kappa shape index (κ1) is 12.3. The molecule has 1 aromatic heterocycles. The molecule has 1 aromatic rings. The van der Waals surface area contributed by atoms with E-state index < -0.39 is 11.9 Å². The molecule has 0 amide bonds. The van der Waals surface area contributed by atoms with Crippen LogP contribution in [0.2, 0.25) is 0 Å². The van der Waals surface area contributed by atoms with E-state index in [1.54, 1.807) is 0 Å². The van der Waals surface area contributed by atoms with Crippen LogP contribution < -0.4 is 5.32 Å². The van der Waals surface area contributed by atoms with Crippen LogP contribution >= 0.6 is 0 Å². The number of nitrogens with zero attached hydrogens (tertiary/aromatic N) is 2. The van der Waals surface area contributed by atoms with Crippen molar-refractivity contribution in [3.05, 3.63) is 18.0 Å². The number of hydrogen-bond donors (Lipinski definition) is 1. The minimum absolute atomic E-state index is 0.0353. The highest BCUT2D eigenvalue weighted by Gasteiger charge is 2.32. The Bertz CT molecular complexity index is 382. The average molecular weight is 229 g/mol. The average Bonchev–Trinajstić information content (AvgIpc) is 2.24. The third-order valence-corrected chi connectivity index (χ3v) is 1.73. The van der Waals surface area contributed by atoms with Gasteiger partial charge in [-0.05, 0) is 12.5 Å². The standard InChI is InChI=1S/C10H10F3N3/c1-2-3-4-6-14-9-15-7-5-8(16-9)10(11,12)13/h1,5,7H,3-4,6H2,(H,14,15,16). The lowest BCUT2D eigenvalue weighted by atomic mass is 10.3. The normalized spacial score (nSPS) is 10.9. The summed E-state index contributed by atoms with van der Waals surface area (Å²) >= 11 is 0. The van der Waals surface area contributed by atoms with E-state index in [2.05, 4.69) is 21.2 Å². The van der Waals surface area contributed by atoms with Gasteiger partial charge in [0.15, 0.2) is 0 Å². The van der Waals surface area contributed by atoms with Crippen molar-refractivity contribution in [3.8, 4) is 12.3 Å². The van der Waals surface area contributed by atoms with E-state index in [1.807, 2.05) is 0 Å². The van der Waals surface area contributed by atoms with Crippen LogP contribution in [0.4, 0.5) is 19.1 Å². The molecule has 0 aliphatic rings. The van der Waals surface area contributed by atoms with Gasteiger partial charge in [-0.25, -0.2) is 9.97 Å². The van der Waals surface area contributed by atoms with E-state index in [9.17, 15) is 13.2 Å². The van der Waals surface area contributed by atoms with E-state index in [4.69, 9.17) is 6.42 Å². The number of nitrogens with one attached hydrogen (secondary N) is 1. The molecule has 1 N–H and O–H groups in total. The van der Waals surface area contributed by atoms with Crippen LogP contribution in [0.1, 0.15) is 18.5 Å². The quantitative estimate of drug-likeness (QED) is 0.636. The number of rotatable bonds is 4. The Hall–Kier alpha value is -1.77. The maximum Gasteiger partial charge on any atom is 0.433 e. The highest BCUT2D eigenvalue weighted by atomic mass is 19.4. The van der Waals surface area contributed by atoms with Crippen LogP contribution in [-0.2, 0) is 6.18 Å². The molecule has 0 aromatic carbocycles. The third kappa shape index (κ3) is 3.77. The molecule has 16 heavy (non-hydrogen) atoms. The fraction of sp³-hybridized carbons (Fsp3) is 0.400. The summed E-state index contributed by atoms with van der Waals surface area (Å²) in [6, 6.07) is 0.826. The van der Waals surface area contributed by atoms with E-state index >= 15 is 0 Å². The molecule has 0 aliphatic carbocycles. The van der Waals surface area contributed by atoms with Crippen LogP contribution in [0.3, 0.4) is 0 Å². The third-order valence-electron chi connectivity index (χ3n) is 1.73. The predicted molar refractivity (Wildman–Crippen MR) is 53.6 cm³/mol. The second kappa shape index (κ2) is 5.35. The van der Waals surface area contributed by atoms with Crippen LogP contribution in [0.5, 0.6) is 0 Å². The van der Waals surface area contributed by atoms with Gasteiger partial charge in [-0.3, -0.25) is 0 Å². The zero-order chi connectivity index (χ0) is 12.0. The Balaban J connectivity index is 2.58. The molecule has 1 heterocycles. The van der Waals surface area contributed by atoms with Crippen LogP contribution in [0.25, 0.3) is 0 Å². The number of aromatic nitrogens is 2. The molecule has 0 saturated carbocycles. The Morgan fingerprint density at radius 1 is 1.44 bits per heavy atom. The van der Waals surface area contributed by atoms with Gasteiger partial charge in [-0.15, -0.1) is 12.3 Å². The molecule has 0 saturated heterocycles. The van der Waals surface area contributed by atoms with Crippen LogP contribution in [0.15, 0.2) is 12.3 Å². The Morgan fingerprint density at radius 2 is 2.19 bits per heavy atom. The number of halogens is 3. The molecule has 6 heteroatoms. The van der Waals surface area contributed by atoms with E-state index in [-0.39, 0.29) is 5.95 Å². The summed E-state index contributed by atoms with van der Waals surface area (Å²) in [5, 5.41) is 2.67. The summed E-state index contributed by atoms with van der Waals surface area (Å²) in [5.74, 6) is 2.39. The van der Waals surface area contributed by atoms with Gasteiger partial charge in [0, 0.05) is 19.2 Å². The van der Waals surface area contributed by atoms with Gasteiger partial charge in [0.2, 0.25) is 5.95 Å². The summed E-state index contributed by atoms with van der Waals surface area (Å²) in [6.45, 7) is 0.450. The molecular weight excluding hydrogens is 219 g/mol. The van der Waals surface area contributed by atoms with E-state index in [0.29, 0.717) is 19.4 Å². The molecule has 0 spiro atoms. The number of unbranched alkanes of at least 4 members (excludes halogenated alkanes) is 1. The molecule has 1 rings (SSSR count). The van der Waals surface area contributed by atoms with Crippen LogP contribution in [0, 0.1) is 12.3 Å². The van der Waals surface area contributed by atoms with Crippen molar-refractivity contribution < 1.29 is 13.2 Å². The molecule has 0 radical (unpaired) electrons. The summed E-state index contributed by atoms with van der Waals surface area (Å²) in [7, 11) is 0. The predicted octanol–water partition coefficient (Wildman–Crippen LogP) is 2.32. The summed E-state index contributed by atoms with van der Waals surface area (Å²) in [4.78, 5) is 7.02. The first-order valence-electron chi connectivity index (χ1n) is 4.61. The number of alkyl halides is 3. The molecule has 86 valence electrons. The first-order chi connectivity index (χ1) is 7.54. The highest BCUT2D eigenvalue weighted by Crippen LogP contribution is 2.27. The lowest BCUT2D eigenvalue weighted by Gasteiger charge is -2.07. The summed E-state index contributed by atoms with van der Waals surface area (Å²) in [6.07, 6.45) is 2.88. The van der Waals surface area contributed by atoms with Crippen molar-refractivity contribution in [1.82, 2.24) is 9.97 Å². The monoisotopic (exact) mass is 229 g/mol. The number of terminal acetylenes is 1. The first-order valence-corrected chi connectivity index (χ1v) is 4.61. The van der Waals surface area contributed by atoms with Gasteiger partial charge in [-0.1, -0.05) is 0 Å². The molecule has 3 nitrogen and oxygen atoms in total. The topological polar surface area (TPSA) is 37.8 Å². The smallest absolute Gasteiger partial charge is 0.354 e. The maximum atomic E-state index is 12.3. The van der Waals surface area contributed by atoms with Crippen molar-refractivity contribution in [1.29, 1.82) is 0 Å². The highest BCUT2D eigenvalue weighted by molar-refractivity contribution is 5.25. The largest absolute Gasteiger partial charge is 0.433 e. The zero-order valence-corrected chi connectivity index (χ0v) is 8.38. The lowest BCUT2D eigenvalue weighted by molar-refractivity contribution is -0.141. The van der Waals surface area contributed by atoms with Crippen molar-refractivity contribution in [2.75, 3.05) is 11.9 Å². The molecule has 0 bridgehead atoms. The Kier molecular flexibility index (Phi) is 4.11. The van der Waals surface area contributed by atoms with E-state index in [0.717, 1.165) is 12.3 Å². The zero-order valence-electron chi connectivity index (χ0n) is 8.38. The number of anilines is 1. The van der Waals surface area contributed by atoms with Crippen molar-refractivity contribution in [2.24, 2.45) is 0 Å². The Labute approximate surface area is 91.1 Å². The summed E-state index contributed by atoms with van der Waals surface area (Å²) in [5.41, 5.74) is -0.957. The minimum atomic E-state index is -4.45. The molecular formula is C10H10F3N3. The molecule has 0 fully saturated rings. The minimum Gasteiger partial charge on any atom is -0.354 e. The van der Waals surface area contributed by atoms with E-state index in [1.165, 1.54) is 0 Å². The second-order valence-electron chi connectivity index (χ2n) is 3.00. The molecule has 0 unspecified atom stereocenters. The van der Waals surface area contributed by atoms with Crippen LogP contribution in [-0.4, -0.2) is 16.5 Å². The van der Waals surface area contributed by atoms with Crippen molar-refractivity contribution >= 4 is 5.95 Å². The maximum absolute atomic E-state index is 12.3. The second-order valence-corrected chi connectivity index (χ2v) is 3.00. The Morgan fingerprint density at radius 3 is 2.81 bits per heavy atom. The van der Waals surface area contributed by atoms with Gasteiger partial charge in [-0.2, -0.15) is 13.2 Å². The number of hydrogen-bond acceptors (Lipinski definition) is 3. The van der Waals surface area contributed by atoms with Gasteiger partial charge >= 0.3 is 6.18 Å².